The first-order valence-corrected chi connectivity index (χ1v) is 5.03. The van der Waals surface area contributed by atoms with E-state index in [2.05, 4.69) is 16.5 Å². The monoisotopic (exact) mass is 205 g/mol. The summed E-state index contributed by atoms with van der Waals surface area (Å²) in [6.07, 6.45) is 0. The van der Waals surface area contributed by atoms with Crippen LogP contribution in [0.15, 0.2) is 22.7 Å². The molecule has 2 aromatic rings. The minimum Gasteiger partial charge on any atom is -0.363 e. The van der Waals surface area contributed by atoms with Crippen LogP contribution in [0.4, 0.5) is 5.82 Å². The molecule has 0 aliphatic heterocycles. The van der Waals surface area contributed by atoms with Crippen molar-refractivity contribution < 1.29 is 4.52 Å². The van der Waals surface area contributed by atoms with Crippen LogP contribution in [-0.4, -0.2) is 17.7 Å². The van der Waals surface area contributed by atoms with Crippen molar-refractivity contribution in [2.45, 2.75) is 19.9 Å². The number of rotatable bonds is 3. The average molecular weight is 205 g/mol. The van der Waals surface area contributed by atoms with Crippen LogP contribution in [-0.2, 0) is 0 Å². The van der Waals surface area contributed by atoms with Crippen molar-refractivity contribution in [3.05, 3.63) is 23.8 Å². The maximum atomic E-state index is 5.54. The molecule has 0 saturated carbocycles. The molecule has 3 N–H and O–H groups in total. The molecule has 1 heterocycles. The van der Waals surface area contributed by atoms with Crippen LogP contribution < -0.4 is 11.1 Å². The summed E-state index contributed by atoms with van der Waals surface area (Å²) in [5, 5.41) is 8.20. The van der Waals surface area contributed by atoms with Crippen molar-refractivity contribution in [3.8, 4) is 0 Å². The lowest BCUT2D eigenvalue weighted by Crippen LogP contribution is -2.25. The number of anilines is 1. The van der Waals surface area contributed by atoms with Crippen molar-refractivity contribution >= 4 is 16.8 Å². The molecule has 1 unspecified atom stereocenters. The Labute approximate surface area is 88.4 Å². The highest BCUT2D eigenvalue weighted by molar-refractivity contribution is 5.88. The molecule has 0 saturated heterocycles. The van der Waals surface area contributed by atoms with Crippen molar-refractivity contribution in [1.29, 1.82) is 0 Å². The Bertz CT molecular complexity index is 464. The van der Waals surface area contributed by atoms with Gasteiger partial charge < -0.3 is 15.6 Å². The molecule has 0 amide bonds. The number of aromatic nitrogens is 1. The first-order valence-electron chi connectivity index (χ1n) is 5.03. The van der Waals surface area contributed by atoms with E-state index in [-0.39, 0.29) is 6.04 Å². The fourth-order valence-electron chi connectivity index (χ4n) is 1.45. The van der Waals surface area contributed by atoms with Crippen LogP contribution in [0.3, 0.4) is 0 Å². The van der Waals surface area contributed by atoms with Crippen LogP contribution in [0, 0.1) is 6.92 Å². The van der Waals surface area contributed by atoms with Gasteiger partial charge in [-0.3, -0.25) is 0 Å². The Morgan fingerprint density at radius 3 is 3.07 bits per heavy atom. The summed E-state index contributed by atoms with van der Waals surface area (Å²) in [7, 11) is 0. The van der Waals surface area contributed by atoms with Gasteiger partial charge in [0, 0.05) is 12.6 Å². The molecular weight excluding hydrogens is 190 g/mol. The summed E-state index contributed by atoms with van der Waals surface area (Å²) >= 11 is 0. The Kier molecular flexibility index (Phi) is 2.60. The van der Waals surface area contributed by atoms with Gasteiger partial charge >= 0.3 is 0 Å². The zero-order valence-electron chi connectivity index (χ0n) is 8.95. The smallest absolute Gasteiger partial charge is 0.177 e. The van der Waals surface area contributed by atoms with Gasteiger partial charge in [0.2, 0.25) is 0 Å². The second-order valence-corrected chi connectivity index (χ2v) is 3.81. The summed E-state index contributed by atoms with van der Waals surface area (Å²) in [6.45, 7) is 4.62. The highest BCUT2D eigenvalue weighted by atomic mass is 16.5. The highest BCUT2D eigenvalue weighted by Gasteiger charge is 2.09. The van der Waals surface area contributed by atoms with Gasteiger partial charge in [-0.15, -0.1) is 0 Å². The molecule has 2 rings (SSSR count). The number of nitrogens with one attached hydrogen (secondary N) is 1. The average Bonchev–Trinajstić information content (AvgIpc) is 2.61. The molecular formula is C11H15N3O. The van der Waals surface area contributed by atoms with E-state index in [1.54, 1.807) is 0 Å². The van der Waals surface area contributed by atoms with Crippen molar-refractivity contribution in [2.24, 2.45) is 5.73 Å². The summed E-state index contributed by atoms with van der Waals surface area (Å²) < 4.78 is 5.20. The molecule has 0 fully saturated rings. The SMILES string of the molecule is Cc1ccc2onc(NC(C)CN)c2c1. The summed E-state index contributed by atoms with van der Waals surface area (Å²) in [4.78, 5) is 0. The molecule has 0 aliphatic carbocycles. The molecule has 1 aromatic heterocycles. The van der Waals surface area contributed by atoms with E-state index in [4.69, 9.17) is 10.3 Å². The molecule has 80 valence electrons. The zero-order valence-corrected chi connectivity index (χ0v) is 8.95. The lowest BCUT2D eigenvalue weighted by atomic mass is 10.2. The van der Waals surface area contributed by atoms with Crippen molar-refractivity contribution in [1.82, 2.24) is 5.16 Å². The molecule has 4 nitrogen and oxygen atoms in total. The maximum Gasteiger partial charge on any atom is 0.177 e. The minimum absolute atomic E-state index is 0.193. The van der Waals surface area contributed by atoms with Crippen molar-refractivity contribution in [3.63, 3.8) is 0 Å². The molecule has 0 radical (unpaired) electrons. The van der Waals surface area contributed by atoms with Gasteiger partial charge in [-0.05, 0) is 26.0 Å². The van der Waals surface area contributed by atoms with Crippen LogP contribution in [0.1, 0.15) is 12.5 Å². The van der Waals surface area contributed by atoms with Gasteiger partial charge in [0.15, 0.2) is 11.4 Å². The predicted octanol–water partition coefficient (Wildman–Crippen LogP) is 1.90. The van der Waals surface area contributed by atoms with Crippen LogP contribution >= 0.6 is 0 Å². The molecule has 0 bridgehead atoms. The van der Waals surface area contributed by atoms with Gasteiger partial charge in [-0.25, -0.2) is 0 Å². The number of hydrogen-bond donors (Lipinski definition) is 2. The fraction of sp³-hybridized carbons (Fsp3) is 0.364. The van der Waals surface area contributed by atoms with E-state index in [0.29, 0.717) is 6.54 Å². The van der Waals surface area contributed by atoms with Gasteiger partial charge in [0.05, 0.1) is 5.39 Å². The van der Waals surface area contributed by atoms with Gasteiger partial charge in [0.25, 0.3) is 0 Å². The van der Waals surface area contributed by atoms with E-state index in [0.717, 1.165) is 16.8 Å². The molecule has 0 aliphatic rings. The molecule has 1 aromatic carbocycles. The molecule has 15 heavy (non-hydrogen) atoms. The Morgan fingerprint density at radius 1 is 1.53 bits per heavy atom. The van der Waals surface area contributed by atoms with Crippen molar-refractivity contribution in [2.75, 3.05) is 11.9 Å². The Balaban J connectivity index is 2.39. The van der Waals surface area contributed by atoms with E-state index in [9.17, 15) is 0 Å². The molecule has 0 spiro atoms. The predicted molar refractivity (Wildman–Crippen MR) is 60.9 cm³/mol. The molecule has 1 atom stereocenters. The highest BCUT2D eigenvalue weighted by Crippen LogP contribution is 2.23. The van der Waals surface area contributed by atoms with E-state index < -0.39 is 0 Å². The summed E-state index contributed by atoms with van der Waals surface area (Å²) in [6, 6.07) is 6.18. The zero-order chi connectivity index (χ0) is 10.8. The van der Waals surface area contributed by atoms with E-state index in [1.807, 2.05) is 26.0 Å². The number of fused-ring (bicyclic) bond motifs is 1. The second-order valence-electron chi connectivity index (χ2n) is 3.81. The first kappa shape index (κ1) is 9.98. The minimum atomic E-state index is 0.193. The largest absolute Gasteiger partial charge is 0.363 e. The molecule has 4 heteroatoms. The maximum absolute atomic E-state index is 5.54. The van der Waals surface area contributed by atoms with E-state index >= 15 is 0 Å². The Hall–Kier alpha value is -1.55. The number of hydrogen-bond acceptors (Lipinski definition) is 4. The lowest BCUT2D eigenvalue weighted by Gasteiger charge is -2.09. The number of aryl methyl sites for hydroxylation is 1. The van der Waals surface area contributed by atoms with Gasteiger partial charge in [0.1, 0.15) is 0 Å². The lowest BCUT2D eigenvalue weighted by molar-refractivity contribution is 0.458. The third-order valence-corrected chi connectivity index (χ3v) is 2.36. The number of nitrogens with zero attached hydrogens (tertiary/aromatic N) is 1. The van der Waals surface area contributed by atoms with Crippen LogP contribution in [0.25, 0.3) is 11.0 Å². The topological polar surface area (TPSA) is 64.1 Å². The summed E-state index contributed by atoms with van der Waals surface area (Å²) in [5.74, 6) is 0.770. The van der Waals surface area contributed by atoms with E-state index in [1.165, 1.54) is 5.56 Å². The van der Waals surface area contributed by atoms with Crippen LogP contribution in [0.5, 0.6) is 0 Å². The van der Waals surface area contributed by atoms with Gasteiger partial charge in [-0.2, -0.15) is 0 Å². The third kappa shape index (κ3) is 1.94. The first-order chi connectivity index (χ1) is 7.20. The second kappa shape index (κ2) is 3.90. The standard InChI is InChI=1S/C11H15N3O/c1-7-3-4-10-9(5-7)11(14-15-10)13-8(2)6-12/h3-5,8H,6,12H2,1-2H3,(H,13,14). The Morgan fingerprint density at radius 2 is 2.33 bits per heavy atom. The number of nitrogens with two attached hydrogens (primary N) is 1. The van der Waals surface area contributed by atoms with Crippen LogP contribution in [0.2, 0.25) is 0 Å². The quantitative estimate of drug-likeness (QED) is 0.803. The normalized spacial score (nSPS) is 13.0. The fourth-order valence-corrected chi connectivity index (χ4v) is 1.45. The number of benzene rings is 1. The van der Waals surface area contributed by atoms with Gasteiger partial charge in [-0.1, -0.05) is 16.8 Å². The third-order valence-electron chi connectivity index (χ3n) is 2.36. The summed E-state index contributed by atoms with van der Waals surface area (Å²) in [5.41, 5.74) is 7.53.